The molecule has 1 aromatic heterocycles. The number of nitrogens with zero attached hydrogens (tertiary/aromatic N) is 2. The molecule has 0 spiro atoms. The number of benzene rings is 2. The molecule has 1 N–H and O–H groups in total. The van der Waals surface area contributed by atoms with Crippen molar-refractivity contribution < 1.29 is 18.3 Å². The van der Waals surface area contributed by atoms with Crippen LogP contribution in [0, 0.1) is 5.82 Å². The molecule has 0 saturated heterocycles. The number of fused-ring (bicyclic) bond motifs is 2. The van der Waals surface area contributed by atoms with E-state index in [4.69, 9.17) is 9.15 Å². The van der Waals surface area contributed by atoms with Crippen LogP contribution in [0.3, 0.4) is 0 Å². The lowest BCUT2D eigenvalue weighted by atomic mass is 9.88. The lowest BCUT2D eigenvalue weighted by molar-refractivity contribution is 0.0929. The number of amides is 1. The summed E-state index contributed by atoms with van der Waals surface area (Å²) >= 11 is 3.41. The third-order valence-electron chi connectivity index (χ3n) is 5.90. The Kier molecular flexibility index (Phi) is 6.53. The van der Waals surface area contributed by atoms with E-state index in [-0.39, 0.29) is 16.9 Å². The van der Waals surface area contributed by atoms with E-state index in [0.29, 0.717) is 16.7 Å². The van der Waals surface area contributed by atoms with E-state index < -0.39 is 11.7 Å². The average Bonchev–Trinajstić information content (AvgIpc) is 3.20. The molecule has 0 fully saturated rings. The summed E-state index contributed by atoms with van der Waals surface area (Å²) in [6, 6.07) is 8.50. The van der Waals surface area contributed by atoms with Crippen molar-refractivity contribution in [2.75, 3.05) is 18.6 Å². The summed E-state index contributed by atoms with van der Waals surface area (Å²) in [5.41, 5.74) is 5.86. The minimum atomic E-state index is -0.545. The van der Waals surface area contributed by atoms with Gasteiger partial charge in [0.2, 0.25) is 0 Å². The van der Waals surface area contributed by atoms with Gasteiger partial charge in [-0.1, -0.05) is 28.9 Å². The van der Waals surface area contributed by atoms with Crippen LogP contribution in [0.5, 0.6) is 5.75 Å². The van der Waals surface area contributed by atoms with Crippen LogP contribution in [0.1, 0.15) is 55.8 Å². The van der Waals surface area contributed by atoms with Gasteiger partial charge in [-0.3, -0.25) is 4.79 Å². The first-order chi connectivity index (χ1) is 16.1. The smallest absolute Gasteiger partial charge is 0.307 e. The van der Waals surface area contributed by atoms with Crippen molar-refractivity contribution in [1.82, 2.24) is 5.43 Å². The zero-order valence-corrected chi connectivity index (χ0v) is 21.4. The fourth-order valence-electron chi connectivity index (χ4n) is 4.41. The molecule has 0 atom stereocenters. The summed E-state index contributed by atoms with van der Waals surface area (Å²) in [5, 5.41) is 4.68. The maximum Gasteiger partial charge on any atom is 0.307 e. The molecule has 0 unspecified atom stereocenters. The van der Waals surface area contributed by atoms with Crippen LogP contribution >= 0.6 is 15.9 Å². The van der Waals surface area contributed by atoms with Crippen LogP contribution in [0.2, 0.25) is 0 Å². The van der Waals surface area contributed by atoms with Crippen LogP contribution in [0.25, 0.3) is 16.5 Å². The highest BCUT2D eigenvalue weighted by Crippen LogP contribution is 2.40. The Bertz CT molecular complexity index is 1330. The Morgan fingerprint density at radius 1 is 1.29 bits per heavy atom. The van der Waals surface area contributed by atoms with Crippen molar-refractivity contribution in [2.45, 2.75) is 39.7 Å². The molecular weight excluding hydrogens is 501 g/mol. The van der Waals surface area contributed by atoms with Crippen molar-refractivity contribution in [3.05, 3.63) is 63.6 Å². The highest BCUT2D eigenvalue weighted by Gasteiger charge is 2.31. The zero-order chi connectivity index (χ0) is 24.6. The Balaban J connectivity index is 1.58. The summed E-state index contributed by atoms with van der Waals surface area (Å²) in [6.45, 7) is 9.22. The van der Waals surface area contributed by atoms with Crippen LogP contribution < -0.4 is 15.1 Å². The second-order valence-corrected chi connectivity index (χ2v) is 9.78. The number of halogens is 2. The Morgan fingerprint density at radius 3 is 2.76 bits per heavy atom. The number of allylic oxidation sites excluding steroid dienone is 1. The van der Waals surface area contributed by atoms with Crippen LogP contribution in [0.4, 0.5) is 10.1 Å². The summed E-state index contributed by atoms with van der Waals surface area (Å²) in [4.78, 5) is 14.8. The number of hydrogen-bond donors (Lipinski definition) is 1. The number of anilines is 1. The van der Waals surface area contributed by atoms with Gasteiger partial charge < -0.3 is 14.1 Å². The molecule has 8 heteroatoms. The van der Waals surface area contributed by atoms with Crippen LogP contribution in [-0.2, 0) is 0 Å². The average molecular weight is 528 g/mol. The summed E-state index contributed by atoms with van der Waals surface area (Å²) < 4.78 is 26.8. The van der Waals surface area contributed by atoms with E-state index in [1.807, 2.05) is 13.0 Å². The number of carbonyl (C=O) groups excluding carboxylic acids is 1. The second kappa shape index (κ2) is 9.25. The predicted molar refractivity (Wildman–Crippen MR) is 137 cm³/mol. The van der Waals surface area contributed by atoms with E-state index in [9.17, 15) is 9.18 Å². The molecule has 1 aliphatic heterocycles. The van der Waals surface area contributed by atoms with Gasteiger partial charge in [0.1, 0.15) is 5.82 Å². The third kappa shape index (κ3) is 4.46. The number of nitrogens with one attached hydrogen (secondary N) is 1. The number of hydrogen-bond acceptors (Lipinski definition) is 5. The number of ether oxygens (including phenoxy) is 1. The summed E-state index contributed by atoms with van der Waals surface area (Å²) in [7, 11) is 1.53. The maximum atomic E-state index is 15.0. The van der Waals surface area contributed by atoms with Crippen LogP contribution in [0.15, 0.2) is 50.4 Å². The zero-order valence-electron chi connectivity index (χ0n) is 19.8. The summed E-state index contributed by atoms with van der Waals surface area (Å²) in [5.74, 6) is -0.366. The van der Waals surface area contributed by atoms with E-state index in [1.165, 1.54) is 13.3 Å². The standard InChI is InChI=1S/C26H27BrFN3O3/c1-6-7-31-21-12-20(28)17(9-19(21)15(2)13-26(31,3)4)14-29-30-25(32)23-10-16-8-18(27)11-22(33-5)24(16)34-23/h8-14H,6-7H2,1-5H3,(H,30,32)/b29-14-. The molecule has 0 aliphatic carbocycles. The Labute approximate surface area is 206 Å². The van der Waals surface area contributed by atoms with Gasteiger partial charge in [0, 0.05) is 33.2 Å². The SMILES string of the molecule is CCCN1c2cc(F)c(/C=N\NC(=O)c3cc4cc(Br)cc(OC)c4o3)cc2C(C)=CC1(C)C. The quantitative estimate of drug-likeness (QED) is 0.292. The first-order valence-electron chi connectivity index (χ1n) is 11.1. The predicted octanol–water partition coefficient (Wildman–Crippen LogP) is 6.52. The third-order valence-corrected chi connectivity index (χ3v) is 6.36. The van der Waals surface area contributed by atoms with Gasteiger partial charge >= 0.3 is 5.91 Å². The van der Waals surface area contributed by atoms with E-state index in [1.54, 1.807) is 24.3 Å². The molecule has 6 nitrogen and oxygen atoms in total. The second-order valence-electron chi connectivity index (χ2n) is 8.86. The maximum absolute atomic E-state index is 15.0. The molecule has 34 heavy (non-hydrogen) atoms. The highest BCUT2D eigenvalue weighted by atomic mass is 79.9. The van der Waals surface area contributed by atoms with Crippen LogP contribution in [-0.4, -0.2) is 31.3 Å². The first-order valence-corrected chi connectivity index (χ1v) is 11.9. The lowest BCUT2D eigenvalue weighted by Crippen LogP contribution is -2.45. The normalized spacial score (nSPS) is 14.9. The molecule has 0 bridgehead atoms. The van der Waals surface area contributed by atoms with Gasteiger partial charge in [-0.25, -0.2) is 9.82 Å². The van der Waals surface area contributed by atoms with Gasteiger partial charge in [-0.05, 0) is 63.1 Å². The van der Waals surface area contributed by atoms with Gasteiger partial charge in [0.05, 0.1) is 18.9 Å². The van der Waals surface area contributed by atoms with Crippen molar-refractivity contribution in [1.29, 1.82) is 0 Å². The highest BCUT2D eigenvalue weighted by molar-refractivity contribution is 9.10. The van der Waals surface area contributed by atoms with Gasteiger partial charge in [0.25, 0.3) is 0 Å². The van der Waals surface area contributed by atoms with Crippen molar-refractivity contribution in [3.63, 3.8) is 0 Å². The van der Waals surface area contributed by atoms with Gasteiger partial charge in [-0.15, -0.1) is 0 Å². The number of methoxy groups -OCH3 is 1. The van der Waals surface area contributed by atoms with E-state index in [2.05, 4.69) is 58.2 Å². The molecule has 0 saturated carbocycles. The molecule has 1 aliphatic rings. The van der Waals surface area contributed by atoms with Crippen molar-refractivity contribution >= 4 is 50.3 Å². The number of hydrazone groups is 1. The van der Waals surface area contributed by atoms with Gasteiger partial charge in [0.15, 0.2) is 17.1 Å². The van der Waals surface area contributed by atoms with Gasteiger partial charge in [-0.2, -0.15) is 5.10 Å². The number of rotatable bonds is 6. The Morgan fingerprint density at radius 2 is 2.06 bits per heavy atom. The largest absolute Gasteiger partial charge is 0.493 e. The minimum absolute atomic E-state index is 0.0747. The molecule has 1 amide bonds. The molecule has 3 aromatic rings. The summed E-state index contributed by atoms with van der Waals surface area (Å²) in [6.07, 6.45) is 4.46. The van der Waals surface area contributed by atoms with E-state index in [0.717, 1.165) is 34.3 Å². The monoisotopic (exact) mass is 527 g/mol. The van der Waals surface area contributed by atoms with E-state index >= 15 is 0 Å². The topological polar surface area (TPSA) is 67.1 Å². The minimum Gasteiger partial charge on any atom is -0.493 e. The number of furan rings is 1. The van der Waals surface area contributed by atoms with Crippen molar-refractivity contribution in [3.8, 4) is 5.75 Å². The first kappa shape index (κ1) is 24.0. The lowest BCUT2D eigenvalue weighted by Gasteiger charge is -2.43. The molecule has 2 aromatic carbocycles. The fourth-order valence-corrected chi connectivity index (χ4v) is 4.87. The number of carbonyl (C=O) groups is 1. The molecule has 178 valence electrons. The fraction of sp³-hybridized carbons (Fsp3) is 0.308. The Hall–Kier alpha value is -3.13. The van der Waals surface area contributed by atoms with Crippen molar-refractivity contribution in [2.24, 2.45) is 5.10 Å². The molecular formula is C26H27BrFN3O3. The molecule has 4 rings (SSSR count). The molecule has 0 radical (unpaired) electrons. The molecule has 2 heterocycles.